The summed E-state index contributed by atoms with van der Waals surface area (Å²) in [4.78, 5) is 14.7. The van der Waals surface area contributed by atoms with Gasteiger partial charge < -0.3 is 0 Å². The SMILES string of the molecule is CCSc1nc(=O)c(C#N)cs1. The average Bonchev–Trinajstić information content (AvgIpc) is 2.05. The van der Waals surface area contributed by atoms with Crippen molar-refractivity contribution in [2.75, 3.05) is 5.75 Å². The van der Waals surface area contributed by atoms with Gasteiger partial charge in [-0.15, -0.1) is 11.3 Å². The second-order valence-electron chi connectivity index (χ2n) is 1.88. The van der Waals surface area contributed by atoms with E-state index in [1.165, 1.54) is 23.1 Å². The van der Waals surface area contributed by atoms with Gasteiger partial charge in [0.05, 0.1) is 0 Å². The lowest BCUT2D eigenvalue weighted by Gasteiger charge is -1.92. The molecule has 1 aromatic heterocycles. The third-order valence-electron chi connectivity index (χ3n) is 1.09. The van der Waals surface area contributed by atoms with Crippen molar-refractivity contribution in [2.24, 2.45) is 0 Å². The van der Waals surface area contributed by atoms with Gasteiger partial charge in [-0.05, 0) is 5.75 Å². The van der Waals surface area contributed by atoms with Gasteiger partial charge in [0.15, 0.2) is 4.34 Å². The summed E-state index contributed by atoms with van der Waals surface area (Å²) in [5.41, 5.74) is -0.298. The summed E-state index contributed by atoms with van der Waals surface area (Å²) in [6, 6.07) is 1.79. The van der Waals surface area contributed by atoms with Gasteiger partial charge in [-0.2, -0.15) is 10.2 Å². The molecule has 1 aromatic rings. The molecule has 0 atom stereocenters. The lowest BCUT2D eigenvalue weighted by Crippen LogP contribution is -2.08. The number of hydrogen-bond acceptors (Lipinski definition) is 5. The molecule has 62 valence electrons. The summed E-state index contributed by atoms with van der Waals surface area (Å²) in [6.45, 7) is 1.99. The van der Waals surface area contributed by atoms with Crippen LogP contribution in [0.2, 0.25) is 0 Å². The molecule has 0 aliphatic heterocycles. The Kier molecular flexibility index (Phi) is 3.26. The van der Waals surface area contributed by atoms with Gasteiger partial charge >= 0.3 is 0 Å². The van der Waals surface area contributed by atoms with Crippen LogP contribution in [0.3, 0.4) is 0 Å². The van der Waals surface area contributed by atoms with Crippen LogP contribution in [-0.4, -0.2) is 10.7 Å². The van der Waals surface area contributed by atoms with Crippen LogP contribution in [0.25, 0.3) is 0 Å². The second-order valence-corrected chi connectivity index (χ2v) is 4.25. The van der Waals surface area contributed by atoms with E-state index in [0.29, 0.717) is 0 Å². The molecule has 0 radical (unpaired) electrons. The van der Waals surface area contributed by atoms with Crippen LogP contribution in [0.4, 0.5) is 0 Å². The molecule has 1 heterocycles. The van der Waals surface area contributed by atoms with Crippen LogP contribution in [0.5, 0.6) is 0 Å². The topological polar surface area (TPSA) is 53.8 Å². The molecule has 0 unspecified atom stereocenters. The molecule has 1 rings (SSSR count). The van der Waals surface area contributed by atoms with Crippen molar-refractivity contribution < 1.29 is 0 Å². The van der Waals surface area contributed by atoms with Gasteiger partial charge in [0.1, 0.15) is 11.6 Å². The molecule has 12 heavy (non-hydrogen) atoms. The molecule has 0 aromatic carbocycles. The molecule has 0 N–H and O–H groups in total. The van der Waals surface area contributed by atoms with Crippen molar-refractivity contribution in [2.45, 2.75) is 11.3 Å². The Morgan fingerprint density at radius 1 is 1.83 bits per heavy atom. The van der Waals surface area contributed by atoms with Crippen molar-refractivity contribution in [1.82, 2.24) is 4.98 Å². The molecule has 0 saturated carbocycles. The zero-order valence-electron chi connectivity index (χ0n) is 6.40. The van der Waals surface area contributed by atoms with Crippen LogP contribution in [0.15, 0.2) is 14.5 Å². The monoisotopic (exact) mass is 198 g/mol. The molecule has 0 saturated heterocycles. The van der Waals surface area contributed by atoms with Crippen LogP contribution < -0.4 is 5.56 Å². The van der Waals surface area contributed by atoms with Crippen LogP contribution in [0, 0.1) is 11.3 Å². The van der Waals surface area contributed by atoms with Gasteiger partial charge in [-0.25, -0.2) is 0 Å². The fourth-order valence-electron chi connectivity index (χ4n) is 0.593. The van der Waals surface area contributed by atoms with Crippen LogP contribution in [-0.2, 0) is 0 Å². The largest absolute Gasteiger partial charge is 0.290 e. The molecule has 0 aliphatic carbocycles. The first-order valence-corrected chi connectivity index (χ1v) is 5.17. The summed E-state index contributed by atoms with van der Waals surface area (Å²) in [7, 11) is 0. The molecule has 0 spiro atoms. The molecule has 0 bridgehead atoms. The van der Waals surface area contributed by atoms with E-state index >= 15 is 0 Å². The second kappa shape index (κ2) is 4.24. The molecule has 0 amide bonds. The first kappa shape index (κ1) is 9.23. The smallest absolute Gasteiger partial charge is 0.266 e. The quantitative estimate of drug-likeness (QED) is 0.675. The Morgan fingerprint density at radius 3 is 3.08 bits per heavy atom. The Balaban J connectivity index is 3.04. The summed E-state index contributed by atoms with van der Waals surface area (Å²) in [5, 5.41) is 10.00. The van der Waals surface area contributed by atoms with E-state index in [0.717, 1.165) is 10.1 Å². The predicted molar refractivity (Wildman–Crippen MR) is 49.5 cm³/mol. The van der Waals surface area contributed by atoms with E-state index in [9.17, 15) is 4.79 Å². The summed E-state index contributed by atoms with van der Waals surface area (Å²) >= 11 is 2.84. The summed E-state index contributed by atoms with van der Waals surface area (Å²) < 4.78 is 0.724. The number of aromatic nitrogens is 1. The van der Waals surface area contributed by atoms with Gasteiger partial charge in [-0.1, -0.05) is 18.7 Å². The minimum atomic E-state index is -0.424. The van der Waals surface area contributed by atoms with E-state index in [-0.39, 0.29) is 5.56 Å². The van der Waals surface area contributed by atoms with Crippen molar-refractivity contribution in [3.8, 4) is 6.07 Å². The van der Waals surface area contributed by atoms with Crippen LogP contribution >= 0.6 is 23.1 Å². The molecule has 0 aliphatic rings. The van der Waals surface area contributed by atoms with Gasteiger partial charge in [0, 0.05) is 5.38 Å². The fourth-order valence-corrected chi connectivity index (χ4v) is 2.27. The minimum absolute atomic E-state index is 0.125. The number of thioether (sulfide) groups is 1. The number of nitriles is 1. The Labute approximate surface area is 78.1 Å². The number of rotatable bonds is 2. The normalized spacial score (nSPS) is 9.33. The average molecular weight is 198 g/mol. The summed E-state index contributed by atoms with van der Waals surface area (Å²) in [6.07, 6.45) is 0. The zero-order valence-corrected chi connectivity index (χ0v) is 8.04. The molecule has 0 fully saturated rings. The first-order valence-electron chi connectivity index (χ1n) is 3.30. The number of nitrogens with zero attached hydrogens (tertiary/aromatic N) is 2. The Morgan fingerprint density at radius 2 is 2.58 bits per heavy atom. The maximum absolute atomic E-state index is 11.0. The van der Waals surface area contributed by atoms with E-state index in [2.05, 4.69) is 4.98 Å². The van der Waals surface area contributed by atoms with Crippen LogP contribution in [0.1, 0.15) is 12.5 Å². The molecular weight excluding hydrogens is 192 g/mol. The molecular formula is C7H6N2OS2. The van der Waals surface area contributed by atoms with E-state index in [1.807, 2.05) is 6.92 Å². The maximum Gasteiger partial charge on any atom is 0.290 e. The molecule has 3 nitrogen and oxygen atoms in total. The van der Waals surface area contributed by atoms with Gasteiger partial charge in [0.25, 0.3) is 5.56 Å². The van der Waals surface area contributed by atoms with Crippen molar-refractivity contribution in [3.63, 3.8) is 0 Å². The van der Waals surface area contributed by atoms with E-state index in [1.54, 1.807) is 11.4 Å². The zero-order chi connectivity index (χ0) is 8.97. The Hall–Kier alpha value is -0.860. The van der Waals surface area contributed by atoms with Gasteiger partial charge in [0.2, 0.25) is 0 Å². The predicted octanol–water partition coefficient (Wildman–Crippen LogP) is 1.49. The van der Waals surface area contributed by atoms with E-state index in [4.69, 9.17) is 5.26 Å². The van der Waals surface area contributed by atoms with Crippen molar-refractivity contribution >= 4 is 23.1 Å². The highest BCUT2D eigenvalue weighted by Crippen LogP contribution is 2.17. The Bertz CT molecular complexity index is 366. The standard InChI is InChI=1S/C7H6N2OS2/c1-2-11-7-9-6(10)5(3-8)4-12-7/h4H,2H2,1H3. The first-order chi connectivity index (χ1) is 5.77. The van der Waals surface area contributed by atoms with Gasteiger partial charge in [-0.3, -0.25) is 4.79 Å². The molecule has 5 heteroatoms. The van der Waals surface area contributed by atoms with Crippen molar-refractivity contribution in [1.29, 1.82) is 5.26 Å². The minimum Gasteiger partial charge on any atom is -0.266 e. The highest BCUT2D eigenvalue weighted by molar-refractivity contribution is 8.00. The maximum atomic E-state index is 11.0. The lowest BCUT2D eigenvalue weighted by atomic mass is 10.4. The lowest BCUT2D eigenvalue weighted by molar-refractivity contribution is 1.14. The van der Waals surface area contributed by atoms with E-state index < -0.39 is 5.56 Å². The third kappa shape index (κ3) is 2.06. The highest BCUT2D eigenvalue weighted by Gasteiger charge is 2.01. The van der Waals surface area contributed by atoms with Crippen molar-refractivity contribution in [3.05, 3.63) is 21.3 Å². The highest BCUT2D eigenvalue weighted by atomic mass is 32.2. The fraction of sp³-hybridized carbons (Fsp3) is 0.286. The third-order valence-corrected chi connectivity index (χ3v) is 3.00. The number of hydrogen-bond donors (Lipinski definition) is 0. The summed E-state index contributed by atoms with van der Waals surface area (Å²) in [5.74, 6) is 0.884.